The molecule has 0 aromatic heterocycles. The molecule has 0 amide bonds. The number of cyclic esters (lactones) is 2. The van der Waals surface area contributed by atoms with E-state index in [-0.39, 0.29) is 12.2 Å². The van der Waals surface area contributed by atoms with Crippen LogP contribution in [0.4, 0.5) is 9.59 Å². The zero-order chi connectivity index (χ0) is 9.26. The first kappa shape index (κ1) is 8.34. The zero-order valence-electron chi connectivity index (χ0n) is 7.02. The summed E-state index contributed by atoms with van der Waals surface area (Å²) in [4.78, 5) is 21.6. The Hall–Kier alpha value is -1.26. The second kappa shape index (κ2) is 3.24. The Bertz CT molecular complexity index is 213. The Morgan fingerprint density at radius 1 is 0.923 bits per heavy atom. The maximum atomic E-state index is 10.8. The second-order valence-electron chi connectivity index (χ2n) is 3.20. The number of ether oxygens (including phenoxy) is 3. The summed E-state index contributed by atoms with van der Waals surface area (Å²) in [6.45, 7) is 0. The monoisotopic (exact) mass is 186 g/mol. The lowest BCUT2D eigenvalue weighted by Gasteiger charge is -2.26. The third-order valence-electron chi connectivity index (χ3n) is 2.30. The average Bonchev–Trinajstić information content (AvgIpc) is 2.20. The molecule has 2 atom stereocenters. The van der Waals surface area contributed by atoms with Gasteiger partial charge in [-0.2, -0.15) is 0 Å². The quantitative estimate of drug-likeness (QED) is 0.424. The van der Waals surface area contributed by atoms with E-state index in [0.717, 1.165) is 25.7 Å². The molecular formula is C8H10O5. The van der Waals surface area contributed by atoms with Crippen LogP contribution in [-0.4, -0.2) is 24.5 Å². The van der Waals surface area contributed by atoms with Gasteiger partial charge >= 0.3 is 12.3 Å². The van der Waals surface area contributed by atoms with Crippen molar-refractivity contribution in [2.45, 2.75) is 37.9 Å². The van der Waals surface area contributed by atoms with Crippen molar-refractivity contribution >= 4 is 12.3 Å². The smallest absolute Gasteiger partial charge is 0.427 e. The number of hydrogen-bond acceptors (Lipinski definition) is 5. The molecule has 2 rings (SSSR count). The molecule has 0 aromatic rings. The van der Waals surface area contributed by atoms with Crippen LogP contribution < -0.4 is 0 Å². The highest BCUT2D eigenvalue weighted by Crippen LogP contribution is 2.26. The highest BCUT2D eigenvalue weighted by molar-refractivity contribution is 5.77. The topological polar surface area (TPSA) is 61.8 Å². The number of fused-ring (bicyclic) bond motifs is 1. The van der Waals surface area contributed by atoms with Crippen molar-refractivity contribution in [1.82, 2.24) is 0 Å². The van der Waals surface area contributed by atoms with Crippen molar-refractivity contribution in [3.8, 4) is 0 Å². The molecule has 0 spiro atoms. The van der Waals surface area contributed by atoms with Crippen LogP contribution in [0.5, 0.6) is 0 Å². The highest BCUT2D eigenvalue weighted by atomic mass is 16.8. The molecule has 5 heteroatoms. The number of carbonyl (C=O) groups excluding carboxylic acids is 2. The summed E-state index contributed by atoms with van der Waals surface area (Å²) in [5.41, 5.74) is 0. The van der Waals surface area contributed by atoms with Crippen LogP contribution in [0.2, 0.25) is 0 Å². The molecule has 0 unspecified atom stereocenters. The molecule has 1 aliphatic carbocycles. The van der Waals surface area contributed by atoms with E-state index in [9.17, 15) is 9.59 Å². The van der Waals surface area contributed by atoms with E-state index < -0.39 is 12.3 Å². The van der Waals surface area contributed by atoms with Crippen LogP contribution in [0, 0.1) is 0 Å². The summed E-state index contributed by atoms with van der Waals surface area (Å²) in [5.74, 6) is 0. The number of carbonyl (C=O) groups is 2. The molecule has 72 valence electrons. The van der Waals surface area contributed by atoms with Gasteiger partial charge in [0.2, 0.25) is 0 Å². The van der Waals surface area contributed by atoms with Gasteiger partial charge in [0.25, 0.3) is 0 Å². The van der Waals surface area contributed by atoms with Gasteiger partial charge in [0, 0.05) is 0 Å². The molecule has 0 bridgehead atoms. The highest BCUT2D eigenvalue weighted by Gasteiger charge is 2.36. The Labute approximate surface area is 74.9 Å². The van der Waals surface area contributed by atoms with Crippen LogP contribution in [0.25, 0.3) is 0 Å². The summed E-state index contributed by atoms with van der Waals surface area (Å²) in [7, 11) is 0. The van der Waals surface area contributed by atoms with E-state index in [1.54, 1.807) is 0 Å². The van der Waals surface area contributed by atoms with Gasteiger partial charge < -0.3 is 14.2 Å². The van der Waals surface area contributed by atoms with Gasteiger partial charge in [0.15, 0.2) is 0 Å². The van der Waals surface area contributed by atoms with Gasteiger partial charge in [-0.25, -0.2) is 9.59 Å². The van der Waals surface area contributed by atoms with Gasteiger partial charge in [0.05, 0.1) is 0 Å². The van der Waals surface area contributed by atoms with Crippen molar-refractivity contribution in [2.75, 3.05) is 0 Å². The van der Waals surface area contributed by atoms with Crippen LogP contribution in [0.15, 0.2) is 0 Å². The molecule has 1 saturated heterocycles. The fourth-order valence-corrected chi connectivity index (χ4v) is 1.70. The Balaban J connectivity index is 2.09. The Morgan fingerprint density at radius 3 is 1.85 bits per heavy atom. The molecular weight excluding hydrogens is 176 g/mol. The van der Waals surface area contributed by atoms with Crippen molar-refractivity contribution < 1.29 is 23.8 Å². The van der Waals surface area contributed by atoms with Gasteiger partial charge in [-0.1, -0.05) is 0 Å². The largest absolute Gasteiger partial charge is 0.518 e. The van der Waals surface area contributed by atoms with Crippen molar-refractivity contribution in [3.05, 3.63) is 0 Å². The first-order valence-electron chi connectivity index (χ1n) is 4.35. The lowest BCUT2D eigenvalue weighted by molar-refractivity contribution is -0.0106. The van der Waals surface area contributed by atoms with Gasteiger partial charge in [-0.3, -0.25) is 0 Å². The van der Waals surface area contributed by atoms with E-state index in [4.69, 9.17) is 9.47 Å². The van der Waals surface area contributed by atoms with Crippen LogP contribution >= 0.6 is 0 Å². The Kier molecular flexibility index (Phi) is 2.08. The van der Waals surface area contributed by atoms with Crippen molar-refractivity contribution in [1.29, 1.82) is 0 Å². The maximum Gasteiger partial charge on any atom is 0.518 e. The molecule has 0 radical (unpaired) electrons. The molecule has 0 aromatic carbocycles. The third kappa shape index (κ3) is 1.74. The summed E-state index contributed by atoms with van der Waals surface area (Å²) >= 11 is 0. The van der Waals surface area contributed by atoms with Crippen LogP contribution in [-0.2, 0) is 14.2 Å². The fraction of sp³-hybridized carbons (Fsp3) is 0.750. The standard InChI is InChI=1S/C8H10O5/c9-7-11-5-3-1-2-4-6(5)12-8(10)13-7/h5-6H,1-4H2/t5-,6-/m1/s1. The molecule has 0 N–H and O–H groups in total. The first-order valence-corrected chi connectivity index (χ1v) is 4.35. The lowest BCUT2D eigenvalue weighted by atomic mass is 9.95. The van der Waals surface area contributed by atoms with Crippen LogP contribution in [0.1, 0.15) is 25.7 Å². The minimum atomic E-state index is -0.945. The van der Waals surface area contributed by atoms with E-state index in [1.807, 2.05) is 0 Å². The van der Waals surface area contributed by atoms with E-state index >= 15 is 0 Å². The molecule has 2 aliphatic rings. The lowest BCUT2D eigenvalue weighted by Crippen LogP contribution is -2.33. The molecule has 1 saturated carbocycles. The zero-order valence-corrected chi connectivity index (χ0v) is 7.02. The Morgan fingerprint density at radius 2 is 1.38 bits per heavy atom. The average molecular weight is 186 g/mol. The molecule has 1 heterocycles. The van der Waals surface area contributed by atoms with Crippen molar-refractivity contribution in [2.24, 2.45) is 0 Å². The van der Waals surface area contributed by atoms with Gasteiger partial charge in [-0.05, 0) is 25.7 Å². The summed E-state index contributed by atoms with van der Waals surface area (Å²) in [5, 5.41) is 0. The van der Waals surface area contributed by atoms with E-state index in [0.29, 0.717) is 0 Å². The van der Waals surface area contributed by atoms with Crippen LogP contribution in [0.3, 0.4) is 0 Å². The van der Waals surface area contributed by atoms with E-state index in [2.05, 4.69) is 4.74 Å². The summed E-state index contributed by atoms with van der Waals surface area (Å²) in [6.07, 6.45) is 0.956. The molecule has 1 aliphatic heterocycles. The summed E-state index contributed by atoms with van der Waals surface area (Å²) < 4.78 is 13.9. The fourth-order valence-electron chi connectivity index (χ4n) is 1.70. The third-order valence-corrected chi connectivity index (χ3v) is 2.30. The van der Waals surface area contributed by atoms with Gasteiger partial charge in [-0.15, -0.1) is 0 Å². The maximum absolute atomic E-state index is 10.8. The normalized spacial score (nSPS) is 33.5. The molecule has 2 fully saturated rings. The summed E-state index contributed by atoms with van der Waals surface area (Å²) in [6, 6.07) is 0. The molecule has 5 nitrogen and oxygen atoms in total. The number of rotatable bonds is 0. The van der Waals surface area contributed by atoms with Gasteiger partial charge in [0.1, 0.15) is 12.2 Å². The minimum absolute atomic E-state index is 0.312. The minimum Gasteiger partial charge on any atom is -0.427 e. The first-order chi connectivity index (χ1) is 6.25. The SMILES string of the molecule is O=C1OC(=O)O[C@@H]2CCCC[C@H]2O1. The molecule has 13 heavy (non-hydrogen) atoms. The number of hydrogen-bond donors (Lipinski definition) is 0. The van der Waals surface area contributed by atoms with Crippen molar-refractivity contribution in [3.63, 3.8) is 0 Å². The van der Waals surface area contributed by atoms with E-state index in [1.165, 1.54) is 0 Å². The second-order valence-corrected chi connectivity index (χ2v) is 3.20. The predicted octanol–water partition coefficient (Wildman–Crippen LogP) is 1.60. The predicted molar refractivity (Wildman–Crippen MR) is 40.1 cm³/mol.